The second-order valence-corrected chi connectivity index (χ2v) is 4.79. The molecule has 1 unspecified atom stereocenters. The molecule has 2 rings (SSSR count). The highest BCUT2D eigenvalue weighted by Gasteiger charge is 2.43. The lowest BCUT2D eigenvalue weighted by Gasteiger charge is -2.37. The number of azide groups is 1. The molecule has 0 fully saturated rings. The molecule has 1 N–H and O–H groups in total. The van der Waals surface area contributed by atoms with Gasteiger partial charge in [0.1, 0.15) is 5.54 Å². The molecule has 0 aliphatic heterocycles. The smallest absolute Gasteiger partial charge is 0.330 e. The highest BCUT2D eigenvalue weighted by atomic mass is 16.5. The maximum atomic E-state index is 12.3. The van der Waals surface area contributed by atoms with Crippen LogP contribution in [0.1, 0.15) is 24.0 Å². The summed E-state index contributed by atoms with van der Waals surface area (Å²) < 4.78 is 5.00. The van der Waals surface area contributed by atoms with E-state index in [1.807, 2.05) is 24.3 Å². The van der Waals surface area contributed by atoms with Crippen LogP contribution >= 0.6 is 0 Å². The maximum absolute atomic E-state index is 12.3. The van der Waals surface area contributed by atoms with Gasteiger partial charge in [0, 0.05) is 18.0 Å². The van der Waals surface area contributed by atoms with Gasteiger partial charge in [-0.05, 0) is 35.9 Å². The first kappa shape index (κ1) is 14.4. The van der Waals surface area contributed by atoms with Gasteiger partial charge in [-0.3, -0.25) is 5.32 Å². The predicted molar refractivity (Wildman–Crippen MR) is 75.1 cm³/mol. The van der Waals surface area contributed by atoms with Crippen LogP contribution in [0.2, 0.25) is 0 Å². The molecule has 6 heteroatoms. The van der Waals surface area contributed by atoms with Crippen molar-refractivity contribution in [1.29, 1.82) is 0 Å². The van der Waals surface area contributed by atoms with Crippen molar-refractivity contribution in [2.75, 3.05) is 20.2 Å². The van der Waals surface area contributed by atoms with Crippen LogP contribution in [0.5, 0.6) is 0 Å². The summed E-state index contributed by atoms with van der Waals surface area (Å²) in [5, 5.41) is 6.73. The SMILES string of the molecule is COC(=O)C1(NCCN=[N+]=[N-])CCCc2ccccc21. The van der Waals surface area contributed by atoms with Crippen molar-refractivity contribution in [2.24, 2.45) is 5.11 Å². The molecule has 1 aliphatic carbocycles. The highest BCUT2D eigenvalue weighted by Crippen LogP contribution is 2.36. The summed E-state index contributed by atoms with van der Waals surface area (Å²) in [7, 11) is 1.40. The van der Waals surface area contributed by atoms with Gasteiger partial charge in [0.2, 0.25) is 0 Å². The minimum absolute atomic E-state index is 0.286. The Hall–Kier alpha value is -2.04. The van der Waals surface area contributed by atoms with E-state index in [1.165, 1.54) is 12.7 Å². The molecule has 0 radical (unpaired) electrons. The Bertz CT molecular complexity index is 540. The summed E-state index contributed by atoms with van der Waals surface area (Å²) in [5.74, 6) is -0.286. The fraction of sp³-hybridized carbons (Fsp3) is 0.500. The number of nitrogens with one attached hydrogen (secondary N) is 1. The summed E-state index contributed by atoms with van der Waals surface area (Å²) in [6.07, 6.45) is 2.57. The van der Waals surface area contributed by atoms with E-state index in [-0.39, 0.29) is 5.97 Å². The summed E-state index contributed by atoms with van der Waals surface area (Å²) in [6, 6.07) is 7.91. The van der Waals surface area contributed by atoms with Crippen LogP contribution in [0.3, 0.4) is 0 Å². The number of aryl methyl sites for hydroxylation is 1. The zero-order valence-corrected chi connectivity index (χ0v) is 11.5. The normalized spacial score (nSPS) is 20.6. The van der Waals surface area contributed by atoms with Gasteiger partial charge in [0.05, 0.1) is 7.11 Å². The predicted octanol–water partition coefficient (Wildman–Crippen LogP) is 2.29. The van der Waals surface area contributed by atoms with Gasteiger partial charge >= 0.3 is 5.97 Å². The van der Waals surface area contributed by atoms with Crippen LogP contribution in [-0.2, 0) is 21.5 Å². The topological polar surface area (TPSA) is 87.1 Å². The standard InChI is InChI=1S/C14H18N4O2/c1-20-13(19)14(16-9-10-17-18-15)8-4-6-11-5-2-3-7-12(11)14/h2-3,5,7,16H,4,6,8-10H2,1H3. The third kappa shape index (κ3) is 2.61. The van der Waals surface area contributed by atoms with E-state index in [1.54, 1.807) is 0 Å². The first-order valence-electron chi connectivity index (χ1n) is 6.67. The van der Waals surface area contributed by atoms with Gasteiger partial charge < -0.3 is 4.74 Å². The third-order valence-electron chi connectivity index (χ3n) is 3.71. The molecule has 20 heavy (non-hydrogen) atoms. The van der Waals surface area contributed by atoms with Crippen molar-refractivity contribution in [1.82, 2.24) is 5.32 Å². The molecule has 6 nitrogen and oxygen atoms in total. The van der Waals surface area contributed by atoms with E-state index in [0.717, 1.165) is 18.4 Å². The molecule has 0 bridgehead atoms. The van der Waals surface area contributed by atoms with Gasteiger partial charge in [-0.15, -0.1) is 0 Å². The highest BCUT2D eigenvalue weighted by molar-refractivity contribution is 5.83. The van der Waals surface area contributed by atoms with E-state index < -0.39 is 5.54 Å². The Morgan fingerprint density at radius 3 is 3.10 bits per heavy atom. The Morgan fingerprint density at radius 1 is 1.55 bits per heavy atom. The molecule has 0 saturated carbocycles. The molecule has 106 valence electrons. The number of carbonyl (C=O) groups excluding carboxylic acids is 1. The number of rotatable bonds is 5. The summed E-state index contributed by atoms with van der Waals surface area (Å²) in [5.41, 5.74) is 9.63. The van der Waals surface area contributed by atoms with Crippen LogP contribution in [0.15, 0.2) is 29.4 Å². The zero-order valence-electron chi connectivity index (χ0n) is 11.5. The lowest BCUT2D eigenvalue weighted by molar-refractivity contribution is -0.150. The number of carbonyl (C=O) groups is 1. The summed E-state index contributed by atoms with van der Waals surface area (Å²) >= 11 is 0. The van der Waals surface area contributed by atoms with Crippen LogP contribution < -0.4 is 5.32 Å². The van der Waals surface area contributed by atoms with Crippen molar-refractivity contribution >= 4 is 5.97 Å². The molecule has 1 aliphatic rings. The second-order valence-electron chi connectivity index (χ2n) is 4.79. The first-order valence-corrected chi connectivity index (χ1v) is 6.67. The number of ether oxygens (including phenoxy) is 1. The van der Waals surface area contributed by atoms with Crippen LogP contribution in [0, 0.1) is 0 Å². The molecule has 0 aromatic heterocycles. The molecule has 1 aromatic carbocycles. The van der Waals surface area contributed by atoms with Crippen LogP contribution in [0.4, 0.5) is 0 Å². The fourth-order valence-electron chi connectivity index (χ4n) is 2.84. The lowest BCUT2D eigenvalue weighted by atomic mass is 9.76. The zero-order chi connectivity index (χ0) is 14.4. The number of esters is 1. The van der Waals surface area contributed by atoms with Crippen molar-refractivity contribution in [2.45, 2.75) is 24.8 Å². The van der Waals surface area contributed by atoms with Gasteiger partial charge in [-0.25, -0.2) is 4.79 Å². The van der Waals surface area contributed by atoms with Crippen molar-refractivity contribution in [3.05, 3.63) is 45.8 Å². The Kier molecular flexibility index (Phi) is 4.61. The minimum atomic E-state index is -0.825. The summed E-state index contributed by atoms with van der Waals surface area (Å²) in [4.78, 5) is 15.0. The van der Waals surface area contributed by atoms with Crippen molar-refractivity contribution in [3.63, 3.8) is 0 Å². The molecule has 0 amide bonds. The molecule has 0 spiro atoms. The number of hydrogen-bond donors (Lipinski definition) is 1. The minimum Gasteiger partial charge on any atom is -0.467 e. The van der Waals surface area contributed by atoms with E-state index >= 15 is 0 Å². The van der Waals surface area contributed by atoms with Gasteiger partial charge in [-0.2, -0.15) is 0 Å². The average molecular weight is 274 g/mol. The Balaban J connectivity index is 2.33. The van der Waals surface area contributed by atoms with E-state index in [4.69, 9.17) is 10.3 Å². The molecule has 0 heterocycles. The van der Waals surface area contributed by atoms with Crippen LogP contribution in [-0.4, -0.2) is 26.2 Å². The Morgan fingerprint density at radius 2 is 2.35 bits per heavy atom. The molecule has 1 atom stereocenters. The molecular weight excluding hydrogens is 256 g/mol. The van der Waals surface area contributed by atoms with E-state index in [2.05, 4.69) is 15.3 Å². The molecule has 0 saturated heterocycles. The van der Waals surface area contributed by atoms with Gasteiger partial charge in [0.25, 0.3) is 0 Å². The molecule has 1 aromatic rings. The monoisotopic (exact) mass is 274 g/mol. The van der Waals surface area contributed by atoms with Gasteiger partial charge in [-0.1, -0.05) is 29.4 Å². The first-order chi connectivity index (χ1) is 9.74. The largest absolute Gasteiger partial charge is 0.467 e. The number of hydrogen-bond acceptors (Lipinski definition) is 4. The second kappa shape index (κ2) is 6.41. The van der Waals surface area contributed by atoms with E-state index in [9.17, 15) is 4.79 Å². The van der Waals surface area contributed by atoms with Gasteiger partial charge in [0.15, 0.2) is 0 Å². The maximum Gasteiger partial charge on any atom is 0.330 e. The van der Waals surface area contributed by atoms with Crippen molar-refractivity contribution < 1.29 is 9.53 Å². The van der Waals surface area contributed by atoms with E-state index in [0.29, 0.717) is 19.5 Å². The average Bonchev–Trinajstić information content (AvgIpc) is 2.51. The summed E-state index contributed by atoms with van der Waals surface area (Å²) in [6.45, 7) is 0.741. The quantitative estimate of drug-likeness (QED) is 0.294. The number of methoxy groups -OCH3 is 1. The number of benzene rings is 1. The van der Waals surface area contributed by atoms with Crippen molar-refractivity contribution in [3.8, 4) is 0 Å². The number of fused-ring (bicyclic) bond motifs is 1. The fourth-order valence-corrected chi connectivity index (χ4v) is 2.84. The molecular formula is C14H18N4O2. The number of nitrogens with zero attached hydrogens (tertiary/aromatic N) is 3. The third-order valence-corrected chi connectivity index (χ3v) is 3.71. The Labute approximate surface area is 117 Å². The lowest BCUT2D eigenvalue weighted by Crippen LogP contribution is -2.52. The van der Waals surface area contributed by atoms with Crippen LogP contribution in [0.25, 0.3) is 10.4 Å².